The van der Waals surface area contributed by atoms with Crippen LogP contribution in [0.1, 0.15) is 37.9 Å². The van der Waals surface area contributed by atoms with Gasteiger partial charge in [0.15, 0.2) is 5.92 Å². The van der Waals surface area contributed by atoms with Gasteiger partial charge in [-0.25, -0.2) is 9.78 Å². The van der Waals surface area contributed by atoms with Crippen molar-refractivity contribution in [2.45, 2.75) is 45.0 Å². The van der Waals surface area contributed by atoms with Crippen LogP contribution in [0.25, 0.3) is 10.8 Å². The molecule has 0 saturated heterocycles. The Bertz CT molecular complexity index is 1250. The summed E-state index contributed by atoms with van der Waals surface area (Å²) in [6, 6.07) is 13.6. The second kappa shape index (κ2) is 9.20. The molecular formula is C26H26F3N3O3. The van der Waals surface area contributed by atoms with E-state index in [1.54, 1.807) is 57.2 Å². The van der Waals surface area contributed by atoms with Crippen molar-refractivity contribution >= 4 is 28.6 Å². The molecule has 0 aliphatic carbocycles. The Kier molecular flexibility index (Phi) is 6.44. The number of carbonyl (C=O) groups excluding carboxylic acids is 2. The van der Waals surface area contributed by atoms with E-state index in [-0.39, 0.29) is 17.9 Å². The Morgan fingerprint density at radius 1 is 1.03 bits per heavy atom. The lowest BCUT2D eigenvalue weighted by molar-refractivity contribution is -0.187. The summed E-state index contributed by atoms with van der Waals surface area (Å²) >= 11 is 0. The van der Waals surface area contributed by atoms with E-state index in [2.05, 4.69) is 10.3 Å². The van der Waals surface area contributed by atoms with E-state index in [4.69, 9.17) is 4.74 Å². The molecule has 2 heterocycles. The third kappa shape index (κ3) is 5.39. The second-order valence-electron chi connectivity index (χ2n) is 9.48. The minimum atomic E-state index is -4.96. The van der Waals surface area contributed by atoms with Crippen molar-refractivity contribution in [1.29, 1.82) is 0 Å². The van der Waals surface area contributed by atoms with Gasteiger partial charge in [-0.05, 0) is 61.2 Å². The van der Waals surface area contributed by atoms with Gasteiger partial charge in [-0.3, -0.25) is 9.69 Å². The first-order valence-electron chi connectivity index (χ1n) is 11.2. The predicted octanol–water partition coefficient (Wildman–Crippen LogP) is 5.57. The number of carbonyl (C=O) groups is 2. The normalized spacial score (nSPS) is 15.4. The van der Waals surface area contributed by atoms with E-state index in [9.17, 15) is 22.8 Å². The minimum absolute atomic E-state index is 0.0780. The Morgan fingerprint density at radius 2 is 1.74 bits per heavy atom. The molecule has 35 heavy (non-hydrogen) atoms. The molecule has 6 nitrogen and oxygen atoms in total. The minimum Gasteiger partial charge on any atom is -0.444 e. The average Bonchev–Trinajstić information content (AvgIpc) is 3.20. The average molecular weight is 486 g/mol. The number of aromatic nitrogens is 1. The number of benzene rings is 2. The van der Waals surface area contributed by atoms with Crippen molar-refractivity contribution in [2.24, 2.45) is 5.92 Å². The largest absolute Gasteiger partial charge is 0.444 e. The van der Waals surface area contributed by atoms with Crippen LogP contribution in [0.5, 0.6) is 0 Å². The highest BCUT2D eigenvalue weighted by atomic mass is 19.4. The fourth-order valence-corrected chi connectivity index (χ4v) is 4.26. The number of halogens is 3. The van der Waals surface area contributed by atoms with Gasteiger partial charge in [-0.1, -0.05) is 42.5 Å². The van der Waals surface area contributed by atoms with Crippen LogP contribution in [0.4, 0.5) is 23.8 Å². The number of fused-ring (bicyclic) bond motifs is 2. The highest BCUT2D eigenvalue weighted by molar-refractivity contribution is 5.97. The summed E-state index contributed by atoms with van der Waals surface area (Å²) in [5.74, 6) is -3.52. The van der Waals surface area contributed by atoms with Crippen molar-refractivity contribution in [1.82, 2.24) is 10.3 Å². The van der Waals surface area contributed by atoms with E-state index in [1.165, 1.54) is 12.3 Å². The lowest BCUT2D eigenvalue weighted by Gasteiger charge is -2.32. The molecular weight excluding hydrogens is 459 g/mol. The van der Waals surface area contributed by atoms with Crippen LogP contribution in [0, 0.1) is 5.92 Å². The third-order valence-electron chi connectivity index (χ3n) is 5.75. The summed E-state index contributed by atoms with van der Waals surface area (Å²) in [6.45, 7) is 4.90. The molecule has 1 aliphatic rings. The fraction of sp³-hybridized carbons (Fsp3) is 0.346. The van der Waals surface area contributed by atoms with Gasteiger partial charge < -0.3 is 10.1 Å². The SMILES string of the molecule is CC(C)(C)OC(=O)NC(c1ccc2ccccc2c1)C(C(=O)N1CCc2cccnc21)C(F)(F)F. The molecule has 184 valence electrons. The van der Waals surface area contributed by atoms with Crippen molar-refractivity contribution in [3.05, 3.63) is 71.9 Å². The lowest BCUT2D eigenvalue weighted by Crippen LogP contribution is -2.50. The number of pyridine rings is 1. The molecule has 0 spiro atoms. The molecule has 4 rings (SSSR count). The molecule has 9 heteroatoms. The molecule has 1 aliphatic heterocycles. The first-order chi connectivity index (χ1) is 16.4. The summed E-state index contributed by atoms with van der Waals surface area (Å²) in [6.07, 6.45) is -4.16. The van der Waals surface area contributed by atoms with Crippen LogP contribution in [0.15, 0.2) is 60.8 Å². The van der Waals surface area contributed by atoms with E-state index < -0.39 is 35.7 Å². The maximum Gasteiger partial charge on any atom is 0.408 e. The maximum absolute atomic E-state index is 14.6. The van der Waals surface area contributed by atoms with Crippen LogP contribution in [-0.4, -0.2) is 35.3 Å². The van der Waals surface area contributed by atoms with Crippen LogP contribution in [0.3, 0.4) is 0 Å². The highest BCUT2D eigenvalue weighted by Gasteiger charge is 2.53. The number of hydrogen-bond acceptors (Lipinski definition) is 4. The number of alkyl carbamates (subject to hydrolysis) is 1. The molecule has 1 aromatic heterocycles. The Hall–Kier alpha value is -3.62. The number of anilines is 1. The Balaban J connectivity index is 1.78. The standard InChI is InChI=1S/C26H26F3N3O3/c1-25(2,3)35-24(34)31-21(19-11-10-16-7-4-5-8-18(16)15-19)20(26(27,28)29)23(33)32-14-12-17-9-6-13-30-22(17)32/h4-11,13,15,20-21H,12,14H2,1-3H3,(H,31,34). The molecule has 2 aromatic carbocycles. The zero-order valence-electron chi connectivity index (χ0n) is 19.6. The van der Waals surface area contributed by atoms with Crippen molar-refractivity contribution < 1.29 is 27.5 Å². The van der Waals surface area contributed by atoms with Gasteiger partial charge in [0.05, 0.1) is 6.04 Å². The predicted molar refractivity (Wildman–Crippen MR) is 126 cm³/mol. The van der Waals surface area contributed by atoms with Gasteiger partial charge in [0.1, 0.15) is 11.4 Å². The second-order valence-corrected chi connectivity index (χ2v) is 9.48. The van der Waals surface area contributed by atoms with Crippen LogP contribution in [-0.2, 0) is 16.0 Å². The zero-order chi connectivity index (χ0) is 25.4. The van der Waals surface area contributed by atoms with Gasteiger partial charge in [-0.15, -0.1) is 0 Å². The van der Waals surface area contributed by atoms with Gasteiger partial charge in [0, 0.05) is 12.7 Å². The van der Waals surface area contributed by atoms with Crippen LogP contribution >= 0.6 is 0 Å². The van der Waals surface area contributed by atoms with Gasteiger partial charge in [0.25, 0.3) is 0 Å². The summed E-state index contributed by atoms with van der Waals surface area (Å²) in [4.78, 5) is 31.3. The number of nitrogens with one attached hydrogen (secondary N) is 1. The zero-order valence-corrected chi connectivity index (χ0v) is 19.6. The van der Waals surface area contributed by atoms with Crippen molar-refractivity contribution in [3.8, 4) is 0 Å². The summed E-state index contributed by atoms with van der Waals surface area (Å²) in [5.41, 5.74) is -0.0945. The number of amides is 2. The van der Waals surface area contributed by atoms with E-state index >= 15 is 0 Å². The number of hydrogen-bond donors (Lipinski definition) is 1. The monoisotopic (exact) mass is 485 g/mol. The van der Waals surface area contributed by atoms with Crippen molar-refractivity contribution in [3.63, 3.8) is 0 Å². The summed E-state index contributed by atoms with van der Waals surface area (Å²) in [7, 11) is 0. The Labute approximate surface area is 201 Å². The molecule has 2 amide bonds. The molecule has 0 fully saturated rings. The Morgan fingerprint density at radius 3 is 2.43 bits per heavy atom. The topological polar surface area (TPSA) is 71.5 Å². The van der Waals surface area contributed by atoms with E-state index in [0.29, 0.717) is 17.4 Å². The number of nitrogens with zero attached hydrogens (tertiary/aromatic N) is 2. The molecule has 1 N–H and O–H groups in total. The van der Waals surface area contributed by atoms with E-state index in [1.807, 2.05) is 12.1 Å². The number of ether oxygens (including phenoxy) is 1. The quantitative estimate of drug-likeness (QED) is 0.525. The van der Waals surface area contributed by atoms with Gasteiger partial charge >= 0.3 is 12.3 Å². The lowest BCUT2D eigenvalue weighted by atomic mass is 9.89. The summed E-state index contributed by atoms with van der Waals surface area (Å²) in [5, 5.41) is 3.84. The molecule has 2 unspecified atom stereocenters. The van der Waals surface area contributed by atoms with Crippen molar-refractivity contribution in [2.75, 3.05) is 11.4 Å². The van der Waals surface area contributed by atoms with Crippen LogP contribution in [0.2, 0.25) is 0 Å². The van der Waals surface area contributed by atoms with Gasteiger partial charge in [0.2, 0.25) is 5.91 Å². The van der Waals surface area contributed by atoms with Gasteiger partial charge in [-0.2, -0.15) is 13.2 Å². The maximum atomic E-state index is 14.6. The summed E-state index contributed by atoms with van der Waals surface area (Å²) < 4.78 is 49.0. The van der Waals surface area contributed by atoms with E-state index in [0.717, 1.165) is 10.3 Å². The smallest absolute Gasteiger partial charge is 0.408 e. The number of rotatable bonds is 4. The third-order valence-corrected chi connectivity index (χ3v) is 5.75. The first-order valence-corrected chi connectivity index (χ1v) is 11.2. The molecule has 0 radical (unpaired) electrons. The number of alkyl halides is 3. The van der Waals surface area contributed by atoms with Crippen LogP contribution < -0.4 is 10.2 Å². The fourth-order valence-electron chi connectivity index (χ4n) is 4.26. The molecule has 0 bridgehead atoms. The first kappa shape index (κ1) is 24.5. The molecule has 3 aromatic rings. The molecule has 2 atom stereocenters. The molecule has 0 saturated carbocycles. The highest BCUT2D eigenvalue weighted by Crippen LogP contribution is 2.40.